The van der Waals surface area contributed by atoms with Gasteiger partial charge in [-0.05, 0) is 25.0 Å². The summed E-state index contributed by atoms with van der Waals surface area (Å²) in [7, 11) is 0. The molecule has 2 rings (SSSR count). The first kappa shape index (κ1) is 14.1. The highest BCUT2D eigenvalue weighted by Gasteiger charge is 2.25. The summed E-state index contributed by atoms with van der Waals surface area (Å²) in [6, 6.07) is 2.47. The van der Waals surface area contributed by atoms with Gasteiger partial charge in [0.05, 0.1) is 21.3 Å². The number of ether oxygens (including phenoxy) is 1. The van der Waals surface area contributed by atoms with Crippen LogP contribution in [0.25, 0.3) is 0 Å². The normalized spacial score (nSPS) is 18.3. The molecule has 1 atom stereocenters. The third kappa shape index (κ3) is 3.18. The number of hydrogen-bond acceptors (Lipinski definition) is 3. The van der Waals surface area contributed by atoms with Crippen molar-refractivity contribution in [3.05, 3.63) is 27.7 Å². The molecule has 7 heteroatoms. The van der Waals surface area contributed by atoms with Crippen LogP contribution in [-0.4, -0.2) is 29.7 Å². The van der Waals surface area contributed by atoms with Crippen molar-refractivity contribution in [3.63, 3.8) is 0 Å². The first-order valence-corrected chi connectivity index (χ1v) is 6.39. The average Bonchev–Trinajstić information content (AvgIpc) is 2.86. The maximum Gasteiger partial charge on any atom is 0.335 e. The van der Waals surface area contributed by atoms with Gasteiger partial charge in [-0.15, -0.1) is 0 Å². The maximum absolute atomic E-state index is 11.9. The monoisotopic (exact) mass is 303 g/mol. The molecule has 19 heavy (non-hydrogen) atoms. The molecule has 1 aromatic rings. The summed E-state index contributed by atoms with van der Waals surface area (Å²) in [6.07, 6.45) is 0.970. The Morgan fingerprint density at radius 3 is 2.42 bits per heavy atom. The summed E-state index contributed by atoms with van der Waals surface area (Å²) < 4.78 is 5.24. The minimum absolute atomic E-state index is 0.0369. The molecule has 0 spiro atoms. The largest absolute Gasteiger partial charge is 0.478 e. The van der Waals surface area contributed by atoms with E-state index in [4.69, 9.17) is 33.0 Å². The fourth-order valence-electron chi connectivity index (χ4n) is 1.80. The molecule has 1 amide bonds. The number of halogens is 2. The third-order valence-corrected chi connectivity index (χ3v) is 3.36. The van der Waals surface area contributed by atoms with Crippen LogP contribution in [0.5, 0.6) is 0 Å². The molecular formula is C12H11Cl2NO4. The van der Waals surface area contributed by atoms with E-state index < -0.39 is 12.1 Å². The number of nitrogens with one attached hydrogen (secondary N) is 1. The van der Waals surface area contributed by atoms with Crippen LogP contribution < -0.4 is 5.32 Å². The third-order valence-electron chi connectivity index (χ3n) is 2.76. The van der Waals surface area contributed by atoms with Crippen molar-refractivity contribution in [2.45, 2.75) is 18.9 Å². The van der Waals surface area contributed by atoms with Gasteiger partial charge < -0.3 is 15.2 Å². The molecule has 0 unspecified atom stereocenters. The second-order valence-electron chi connectivity index (χ2n) is 4.11. The summed E-state index contributed by atoms with van der Waals surface area (Å²) in [5.41, 5.74) is 0.166. The number of carboxylic acid groups (broad SMARTS) is 1. The van der Waals surface area contributed by atoms with Crippen molar-refractivity contribution < 1.29 is 19.4 Å². The Hall–Kier alpha value is -1.30. The van der Waals surface area contributed by atoms with Crippen LogP contribution in [0, 0.1) is 0 Å². The van der Waals surface area contributed by atoms with E-state index in [1.165, 1.54) is 12.1 Å². The molecule has 1 aromatic carbocycles. The van der Waals surface area contributed by atoms with Crippen LogP contribution in [0.2, 0.25) is 10.0 Å². The second kappa shape index (κ2) is 5.77. The smallest absolute Gasteiger partial charge is 0.335 e. The van der Waals surface area contributed by atoms with Crippen molar-refractivity contribution in [1.29, 1.82) is 0 Å². The number of carbonyl (C=O) groups is 2. The molecule has 1 heterocycles. The van der Waals surface area contributed by atoms with E-state index in [1.54, 1.807) is 0 Å². The lowest BCUT2D eigenvalue weighted by molar-refractivity contribution is -0.124. The van der Waals surface area contributed by atoms with Gasteiger partial charge in [0.2, 0.25) is 0 Å². The Balaban J connectivity index is 2.20. The Kier molecular flexibility index (Phi) is 4.29. The predicted octanol–water partition coefficient (Wildman–Crippen LogP) is 2.81. The van der Waals surface area contributed by atoms with Gasteiger partial charge in [0.15, 0.2) is 0 Å². The Morgan fingerprint density at radius 1 is 1.32 bits per heavy atom. The lowest BCUT2D eigenvalue weighted by atomic mass is 10.2. The Bertz CT molecular complexity index is 503. The topological polar surface area (TPSA) is 75.6 Å². The number of benzene rings is 1. The van der Waals surface area contributed by atoms with E-state index in [0.29, 0.717) is 13.0 Å². The highest BCUT2D eigenvalue weighted by Crippen LogP contribution is 2.32. The van der Waals surface area contributed by atoms with Crippen LogP contribution in [0.1, 0.15) is 23.2 Å². The van der Waals surface area contributed by atoms with Crippen molar-refractivity contribution in [2.75, 3.05) is 11.9 Å². The summed E-state index contributed by atoms with van der Waals surface area (Å²) in [6.45, 7) is 0.553. The van der Waals surface area contributed by atoms with Crippen molar-refractivity contribution in [3.8, 4) is 0 Å². The zero-order valence-corrected chi connectivity index (χ0v) is 11.3. The lowest BCUT2D eigenvalue weighted by Gasteiger charge is -2.13. The number of aromatic carboxylic acids is 1. The Labute approximate surface area is 119 Å². The predicted molar refractivity (Wildman–Crippen MR) is 71.0 cm³/mol. The summed E-state index contributed by atoms with van der Waals surface area (Å²) in [5.74, 6) is -1.47. The quantitative estimate of drug-likeness (QED) is 0.900. The van der Waals surface area contributed by atoms with Gasteiger partial charge in [-0.3, -0.25) is 4.79 Å². The molecule has 1 aliphatic heterocycles. The maximum atomic E-state index is 11.9. The molecule has 2 N–H and O–H groups in total. The first-order valence-electron chi connectivity index (χ1n) is 5.64. The van der Waals surface area contributed by atoms with Gasteiger partial charge in [-0.2, -0.15) is 0 Å². The van der Waals surface area contributed by atoms with Crippen LogP contribution in [0.3, 0.4) is 0 Å². The molecule has 0 aliphatic carbocycles. The number of amides is 1. The zero-order valence-electron chi connectivity index (χ0n) is 9.78. The van der Waals surface area contributed by atoms with Crippen molar-refractivity contribution in [2.24, 2.45) is 0 Å². The fourth-order valence-corrected chi connectivity index (χ4v) is 2.39. The van der Waals surface area contributed by atoms with E-state index in [1.807, 2.05) is 0 Å². The molecule has 102 valence electrons. The molecule has 0 saturated carbocycles. The molecular weight excluding hydrogens is 293 g/mol. The van der Waals surface area contributed by atoms with Gasteiger partial charge in [-0.1, -0.05) is 23.2 Å². The molecule has 1 aliphatic rings. The van der Waals surface area contributed by atoms with Crippen molar-refractivity contribution in [1.82, 2.24) is 0 Å². The van der Waals surface area contributed by atoms with E-state index in [9.17, 15) is 9.59 Å². The number of rotatable bonds is 3. The average molecular weight is 304 g/mol. The SMILES string of the molecule is O=C(O)c1cc(Cl)c(NC(=O)[C@H]2CCCO2)c(Cl)c1. The minimum atomic E-state index is -1.14. The van der Waals surface area contributed by atoms with Crippen LogP contribution in [-0.2, 0) is 9.53 Å². The van der Waals surface area contributed by atoms with E-state index in [2.05, 4.69) is 5.32 Å². The van der Waals surface area contributed by atoms with Gasteiger partial charge >= 0.3 is 5.97 Å². The summed E-state index contributed by atoms with van der Waals surface area (Å²) in [5, 5.41) is 11.6. The van der Waals surface area contributed by atoms with Gasteiger partial charge in [-0.25, -0.2) is 4.79 Å². The number of carboxylic acids is 1. The number of anilines is 1. The lowest BCUT2D eigenvalue weighted by Crippen LogP contribution is -2.27. The van der Waals surface area contributed by atoms with Crippen molar-refractivity contribution >= 4 is 40.8 Å². The molecule has 0 bridgehead atoms. The Morgan fingerprint density at radius 2 is 1.95 bits per heavy atom. The van der Waals surface area contributed by atoms with E-state index in [0.717, 1.165) is 6.42 Å². The standard InChI is InChI=1S/C12H11Cl2NO4/c13-7-4-6(12(17)18)5-8(14)10(7)15-11(16)9-2-1-3-19-9/h4-5,9H,1-3H2,(H,15,16)(H,17,18)/t9-/m1/s1. The summed E-state index contributed by atoms with van der Waals surface area (Å²) in [4.78, 5) is 22.7. The second-order valence-corrected chi connectivity index (χ2v) is 4.93. The molecule has 1 fully saturated rings. The van der Waals surface area contributed by atoms with Crippen LogP contribution >= 0.6 is 23.2 Å². The van der Waals surface area contributed by atoms with E-state index in [-0.39, 0.29) is 27.2 Å². The van der Waals surface area contributed by atoms with E-state index >= 15 is 0 Å². The zero-order chi connectivity index (χ0) is 14.0. The molecule has 0 aromatic heterocycles. The molecule has 0 radical (unpaired) electrons. The minimum Gasteiger partial charge on any atom is -0.478 e. The first-order chi connectivity index (χ1) is 8.99. The van der Waals surface area contributed by atoms with Crippen LogP contribution in [0.15, 0.2) is 12.1 Å². The van der Waals surface area contributed by atoms with Gasteiger partial charge in [0, 0.05) is 6.61 Å². The number of carbonyl (C=O) groups excluding carboxylic acids is 1. The van der Waals surface area contributed by atoms with Gasteiger partial charge in [0.25, 0.3) is 5.91 Å². The van der Waals surface area contributed by atoms with Crippen LogP contribution in [0.4, 0.5) is 5.69 Å². The van der Waals surface area contributed by atoms with Gasteiger partial charge in [0.1, 0.15) is 6.10 Å². The fraction of sp³-hybridized carbons (Fsp3) is 0.333. The number of hydrogen-bond donors (Lipinski definition) is 2. The molecule has 5 nitrogen and oxygen atoms in total. The molecule has 1 saturated heterocycles. The highest BCUT2D eigenvalue weighted by molar-refractivity contribution is 6.40. The highest BCUT2D eigenvalue weighted by atomic mass is 35.5. The summed E-state index contributed by atoms with van der Waals surface area (Å²) >= 11 is 11.9.